The van der Waals surface area contributed by atoms with Gasteiger partial charge in [0.15, 0.2) is 0 Å². The first-order valence-corrected chi connectivity index (χ1v) is 6.41. The Morgan fingerprint density at radius 3 is 2.60 bits per heavy atom. The van der Waals surface area contributed by atoms with Crippen molar-refractivity contribution in [3.63, 3.8) is 0 Å². The second-order valence-electron chi connectivity index (χ2n) is 4.84. The molecule has 0 saturated carbocycles. The van der Waals surface area contributed by atoms with Crippen LogP contribution in [0.1, 0.15) is 29.3 Å². The average Bonchev–Trinajstić information content (AvgIpc) is 2.38. The number of nitrogens with one attached hydrogen (secondary N) is 2. The van der Waals surface area contributed by atoms with Crippen LogP contribution in [0, 0.1) is 20.8 Å². The minimum absolute atomic E-state index is 0.195. The number of hydrogen-bond acceptors (Lipinski definition) is 4. The van der Waals surface area contributed by atoms with Gasteiger partial charge >= 0.3 is 0 Å². The number of H-pyrrole nitrogens is 1. The van der Waals surface area contributed by atoms with E-state index >= 15 is 0 Å². The van der Waals surface area contributed by atoms with Crippen molar-refractivity contribution in [2.75, 3.05) is 5.43 Å². The molecular weight excluding hydrogens is 252 g/mol. The fraction of sp³-hybridized carbons (Fsp3) is 0.267. The van der Waals surface area contributed by atoms with Crippen molar-refractivity contribution < 1.29 is 0 Å². The summed E-state index contributed by atoms with van der Waals surface area (Å²) in [6.45, 7) is 7.82. The molecule has 0 aliphatic carbocycles. The average molecular weight is 270 g/mol. The predicted octanol–water partition coefficient (Wildman–Crippen LogP) is 2.53. The molecule has 1 aromatic carbocycles. The van der Waals surface area contributed by atoms with Crippen molar-refractivity contribution in [2.45, 2.75) is 27.7 Å². The molecule has 0 aliphatic heterocycles. The lowest BCUT2D eigenvalue weighted by molar-refractivity contribution is 1.04. The summed E-state index contributed by atoms with van der Waals surface area (Å²) in [5.74, 6) is 0.346. The molecule has 20 heavy (non-hydrogen) atoms. The Labute approximate surface area is 117 Å². The highest BCUT2D eigenvalue weighted by molar-refractivity contribution is 5.99. The lowest BCUT2D eigenvalue weighted by atomic mass is 10.0. The summed E-state index contributed by atoms with van der Waals surface area (Å²) in [6, 6.07) is 7.61. The first kappa shape index (κ1) is 14.0. The summed E-state index contributed by atoms with van der Waals surface area (Å²) < 4.78 is 0. The van der Waals surface area contributed by atoms with Crippen LogP contribution in [-0.2, 0) is 0 Å². The van der Waals surface area contributed by atoms with Gasteiger partial charge in [-0.05, 0) is 50.5 Å². The predicted molar refractivity (Wildman–Crippen MR) is 81.3 cm³/mol. The van der Waals surface area contributed by atoms with Crippen LogP contribution >= 0.6 is 0 Å². The second-order valence-corrected chi connectivity index (χ2v) is 4.84. The van der Waals surface area contributed by atoms with Crippen molar-refractivity contribution in [1.82, 2.24) is 9.97 Å². The van der Waals surface area contributed by atoms with Gasteiger partial charge in [-0.25, -0.2) is 10.4 Å². The summed E-state index contributed by atoms with van der Waals surface area (Å²) >= 11 is 0. The summed E-state index contributed by atoms with van der Waals surface area (Å²) in [5, 5.41) is 4.25. The van der Waals surface area contributed by atoms with Crippen molar-refractivity contribution in [3.05, 3.63) is 57.0 Å². The first-order chi connectivity index (χ1) is 9.45. The molecule has 0 aliphatic rings. The molecule has 1 aromatic heterocycles. The number of benzene rings is 1. The zero-order valence-electron chi connectivity index (χ0n) is 12.1. The number of hydrazone groups is 1. The van der Waals surface area contributed by atoms with Crippen molar-refractivity contribution in [1.29, 1.82) is 0 Å². The van der Waals surface area contributed by atoms with Crippen LogP contribution in [0.2, 0.25) is 0 Å². The zero-order valence-corrected chi connectivity index (χ0v) is 12.1. The molecule has 0 amide bonds. The summed E-state index contributed by atoms with van der Waals surface area (Å²) in [5.41, 5.74) is 7.57. The fourth-order valence-electron chi connectivity index (χ4n) is 1.80. The third kappa shape index (κ3) is 3.32. The number of hydrogen-bond donors (Lipinski definition) is 2. The van der Waals surface area contributed by atoms with Crippen LogP contribution in [0.3, 0.4) is 0 Å². The van der Waals surface area contributed by atoms with E-state index in [2.05, 4.69) is 46.5 Å². The van der Waals surface area contributed by atoms with Gasteiger partial charge in [-0.3, -0.25) is 9.78 Å². The van der Waals surface area contributed by atoms with Crippen molar-refractivity contribution >= 4 is 11.7 Å². The number of nitrogens with zero attached hydrogens (tertiary/aromatic N) is 2. The highest BCUT2D eigenvalue weighted by atomic mass is 16.1. The molecular formula is C15H18N4O. The van der Waals surface area contributed by atoms with E-state index in [1.807, 2.05) is 13.0 Å². The van der Waals surface area contributed by atoms with Crippen LogP contribution in [0.5, 0.6) is 0 Å². The van der Waals surface area contributed by atoms with Crippen molar-refractivity contribution in [2.24, 2.45) is 5.10 Å². The molecule has 104 valence electrons. The first-order valence-electron chi connectivity index (χ1n) is 6.41. The Kier molecular flexibility index (Phi) is 3.98. The summed E-state index contributed by atoms with van der Waals surface area (Å²) in [6.07, 6.45) is 0. The normalized spacial score (nSPS) is 11.5. The monoisotopic (exact) mass is 270 g/mol. The van der Waals surface area contributed by atoms with E-state index in [1.54, 1.807) is 6.92 Å². The van der Waals surface area contributed by atoms with Gasteiger partial charge < -0.3 is 0 Å². The molecule has 5 nitrogen and oxygen atoms in total. The lowest BCUT2D eigenvalue weighted by Crippen LogP contribution is -2.11. The standard InChI is InChI=1S/C15H18N4O/c1-9-5-6-13(7-10(9)2)12(4)18-19-15-16-11(3)8-14(20)17-15/h5-8H,1-4H3,(H2,16,17,19,20)/b18-12+. The van der Waals surface area contributed by atoms with Crippen LogP contribution < -0.4 is 11.0 Å². The molecule has 0 saturated heterocycles. The van der Waals surface area contributed by atoms with Gasteiger partial charge in [-0.1, -0.05) is 12.1 Å². The Hall–Kier alpha value is -2.43. The number of aryl methyl sites for hydroxylation is 3. The molecule has 2 rings (SSSR count). The van der Waals surface area contributed by atoms with E-state index in [0.717, 1.165) is 11.3 Å². The van der Waals surface area contributed by atoms with Gasteiger partial charge in [-0.15, -0.1) is 0 Å². The van der Waals surface area contributed by atoms with E-state index in [4.69, 9.17) is 0 Å². The van der Waals surface area contributed by atoms with Gasteiger partial charge in [0.05, 0.1) is 5.71 Å². The van der Waals surface area contributed by atoms with Crippen LogP contribution in [0.4, 0.5) is 5.95 Å². The van der Waals surface area contributed by atoms with Gasteiger partial charge in [0.25, 0.3) is 5.56 Å². The Morgan fingerprint density at radius 1 is 1.20 bits per heavy atom. The molecule has 0 bridgehead atoms. The molecule has 5 heteroatoms. The fourth-order valence-corrected chi connectivity index (χ4v) is 1.80. The van der Waals surface area contributed by atoms with Gasteiger partial charge in [0.1, 0.15) is 0 Å². The van der Waals surface area contributed by atoms with E-state index in [0.29, 0.717) is 11.6 Å². The number of rotatable bonds is 3. The Bertz CT molecular complexity index is 716. The van der Waals surface area contributed by atoms with Gasteiger partial charge in [0.2, 0.25) is 5.95 Å². The molecule has 0 fully saturated rings. The van der Waals surface area contributed by atoms with Crippen LogP contribution in [-0.4, -0.2) is 15.7 Å². The van der Waals surface area contributed by atoms with Gasteiger partial charge in [0, 0.05) is 11.8 Å². The maximum Gasteiger partial charge on any atom is 0.252 e. The topological polar surface area (TPSA) is 70.1 Å². The lowest BCUT2D eigenvalue weighted by Gasteiger charge is -2.06. The van der Waals surface area contributed by atoms with E-state index in [1.165, 1.54) is 17.2 Å². The number of aromatic amines is 1. The minimum atomic E-state index is -0.195. The number of anilines is 1. The smallest absolute Gasteiger partial charge is 0.252 e. The SMILES string of the molecule is C/C(=N\Nc1nc(C)cc(=O)[nH]1)c1ccc(C)c(C)c1. The highest BCUT2D eigenvalue weighted by Gasteiger charge is 2.01. The third-order valence-electron chi connectivity index (χ3n) is 3.12. The maximum atomic E-state index is 11.3. The molecule has 0 unspecified atom stereocenters. The largest absolute Gasteiger partial charge is 0.291 e. The molecule has 0 atom stereocenters. The molecule has 1 heterocycles. The van der Waals surface area contributed by atoms with Crippen LogP contribution in [0.25, 0.3) is 0 Å². The maximum absolute atomic E-state index is 11.3. The van der Waals surface area contributed by atoms with E-state index in [-0.39, 0.29) is 5.56 Å². The Balaban J connectivity index is 2.22. The Morgan fingerprint density at radius 2 is 1.95 bits per heavy atom. The molecule has 2 N–H and O–H groups in total. The van der Waals surface area contributed by atoms with E-state index in [9.17, 15) is 4.79 Å². The third-order valence-corrected chi connectivity index (χ3v) is 3.12. The quantitative estimate of drug-likeness (QED) is 0.665. The van der Waals surface area contributed by atoms with E-state index < -0.39 is 0 Å². The minimum Gasteiger partial charge on any atom is -0.291 e. The van der Waals surface area contributed by atoms with Crippen molar-refractivity contribution in [3.8, 4) is 0 Å². The summed E-state index contributed by atoms with van der Waals surface area (Å²) in [7, 11) is 0. The summed E-state index contributed by atoms with van der Waals surface area (Å²) in [4.78, 5) is 18.1. The zero-order chi connectivity index (χ0) is 14.7. The van der Waals surface area contributed by atoms with Gasteiger partial charge in [-0.2, -0.15) is 5.10 Å². The molecule has 2 aromatic rings. The highest BCUT2D eigenvalue weighted by Crippen LogP contribution is 2.11. The second kappa shape index (κ2) is 5.69. The number of aromatic nitrogens is 2. The molecule has 0 spiro atoms. The molecule has 0 radical (unpaired) electrons. The van der Waals surface area contributed by atoms with Crippen LogP contribution in [0.15, 0.2) is 34.2 Å².